The minimum atomic E-state index is -0.797. The Morgan fingerprint density at radius 2 is 1.84 bits per heavy atom. The maximum Gasteiger partial charge on any atom is 0.311 e. The number of benzene rings is 2. The third-order valence-corrected chi connectivity index (χ3v) is 4.77. The number of nitrogens with zero attached hydrogens (tertiary/aromatic N) is 1. The Labute approximate surface area is 183 Å². The van der Waals surface area contributed by atoms with Crippen LogP contribution in [0.25, 0.3) is 0 Å². The van der Waals surface area contributed by atoms with Gasteiger partial charge >= 0.3 is 5.97 Å². The summed E-state index contributed by atoms with van der Waals surface area (Å²) < 4.78 is 10.2. The van der Waals surface area contributed by atoms with Crippen molar-refractivity contribution in [1.29, 1.82) is 0 Å². The molecule has 1 aliphatic heterocycles. The second-order valence-electron chi connectivity index (χ2n) is 6.71. The molecule has 1 aliphatic rings. The first-order chi connectivity index (χ1) is 14.9. The van der Waals surface area contributed by atoms with Crippen molar-refractivity contribution in [3.63, 3.8) is 0 Å². The first-order valence-corrected chi connectivity index (χ1v) is 9.71. The van der Waals surface area contributed by atoms with Crippen molar-refractivity contribution in [2.45, 2.75) is 6.42 Å². The van der Waals surface area contributed by atoms with E-state index in [-0.39, 0.29) is 18.5 Å². The largest absolute Gasteiger partial charge is 0.496 e. The van der Waals surface area contributed by atoms with Gasteiger partial charge in [0, 0.05) is 17.1 Å². The summed E-state index contributed by atoms with van der Waals surface area (Å²) in [6.45, 7) is -0.558. The van der Waals surface area contributed by atoms with Crippen molar-refractivity contribution in [2.24, 2.45) is 5.92 Å². The number of amides is 3. The highest BCUT2D eigenvalue weighted by molar-refractivity contribution is 6.30. The van der Waals surface area contributed by atoms with Crippen molar-refractivity contribution in [1.82, 2.24) is 10.4 Å². The Hall–Kier alpha value is -3.59. The molecule has 0 bridgehead atoms. The highest BCUT2D eigenvalue weighted by Gasteiger charge is 2.37. The molecule has 0 radical (unpaired) electrons. The van der Waals surface area contributed by atoms with Crippen molar-refractivity contribution in [2.75, 3.05) is 25.6 Å². The van der Waals surface area contributed by atoms with E-state index in [0.29, 0.717) is 16.5 Å². The molecule has 0 spiro atoms. The summed E-state index contributed by atoms with van der Waals surface area (Å²) in [6.07, 6.45) is -0.135. The van der Waals surface area contributed by atoms with Gasteiger partial charge in [0.15, 0.2) is 6.61 Å². The summed E-state index contributed by atoms with van der Waals surface area (Å²) in [7, 11) is 1.43. The van der Waals surface area contributed by atoms with Crippen LogP contribution in [0.4, 0.5) is 5.69 Å². The minimum Gasteiger partial charge on any atom is -0.496 e. The van der Waals surface area contributed by atoms with E-state index in [1.165, 1.54) is 7.11 Å². The Bertz CT molecular complexity index is 995. The molecule has 1 fully saturated rings. The van der Waals surface area contributed by atoms with Gasteiger partial charge in [-0.2, -0.15) is 0 Å². The van der Waals surface area contributed by atoms with E-state index in [1.807, 2.05) is 0 Å². The van der Waals surface area contributed by atoms with Crippen LogP contribution in [0.5, 0.6) is 5.75 Å². The van der Waals surface area contributed by atoms with Crippen LogP contribution < -0.4 is 15.5 Å². The average Bonchev–Trinajstić information content (AvgIpc) is 3.13. The smallest absolute Gasteiger partial charge is 0.311 e. The van der Waals surface area contributed by atoms with E-state index in [9.17, 15) is 19.2 Å². The Balaban J connectivity index is 1.49. The quantitative estimate of drug-likeness (QED) is 0.630. The average molecular weight is 446 g/mol. The highest BCUT2D eigenvalue weighted by Crippen LogP contribution is 2.20. The lowest BCUT2D eigenvalue weighted by atomic mass is 10.1. The standard InChI is InChI=1S/C21H20ClN3O6/c1-30-17-5-3-2-4-16(17)20(28)24-25-11-13(10-19(25)27)21(29)31-12-18(26)23-15-8-6-14(22)7-9-15/h2-9,13H,10-12H2,1H3,(H,23,26)(H,24,28)/t13-/m1/s1. The number of ether oxygens (including phenoxy) is 2. The first kappa shape index (κ1) is 22.1. The normalized spacial score (nSPS) is 15.4. The lowest BCUT2D eigenvalue weighted by Crippen LogP contribution is -2.43. The molecular formula is C21H20ClN3O6. The van der Waals surface area contributed by atoms with E-state index in [0.717, 1.165) is 5.01 Å². The van der Waals surface area contributed by atoms with Gasteiger partial charge in [-0.1, -0.05) is 23.7 Å². The molecule has 0 saturated carbocycles. The first-order valence-electron chi connectivity index (χ1n) is 9.34. The number of carbonyl (C=O) groups excluding carboxylic acids is 4. The number of nitrogens with one attached hydrogen (secondary N) is 2. The van der Waals surface area contributed by atoms with Crippen LogP contribution in [0, 0.1) is 5.92 Å². The van der Waals surface area contributed by atoms with Crippen LogP contribution in [-0.4, -0.2) is 49.0 Å². The van der Waals surface area contributed by atoms with Crippen LogP contribution in [-0.2, 0) is 19.1 Å². The van der Waals surface area contributed by atoms with Gasteiger partial charge in [0.2, 0.25) is 5.91 Å². The molecular weight excluding hydrogens is 426 g/mol. The van der Waals surface area contributed by atoms with E-state index in [1.54, 1.807) is 48.5 Å². The minimum absolute atomic E-state index is 0.0582. The molecule has 3 amide bonds. The molecule has 2 aromatic carbocycles. The van der Waals surface area contributed by atoms with Crippen LogP contribution in [0.1, 0.15) is 16.8 Å². The van der Waals surface area contributed by atoms with Crippen LogP contribution in [0.15, 0.2) is 48.5 Å². The van der Waals surface area contributed by atoms with Crippen LogP contribution in [0.2, 0.25) is 5.02 Å². The monoisotopic (exact) mass is 445 g/mol. The highest BCUT2D eigenvalue weighted by atomic mass is 35.5. The number of hydrogen-bond donors (Lipinski definition) is 2. The summed E-state index contributed by atoms with van der Waals surface area (Å²) in [5.74, 6) is -2.64. The fraction of sp³-hybridized carbons (Fsp3) is 0.238. The maximum absolute atomic E-state index is 12.4. The van der Waals surface area contributed by atoms with Crippen molar-refractivity contribution < 1.29 is 28.7 Å². The number of rotatable bonds is 7. The van der Waals surface area contributed by atoms with Crippen LogP contribution in [0.3, 0.4) is 0 Å². The predicted octanol–water partition coefficient (Wildman–Crippen LogP) is 2.02. The van der Waals surface area contributed by atoms with Gasteiger partial charge in [-0.25, -0.2) is 0 Å². The summed E-state index contributed by atoms with van der Waals surface area (Å²) >= 11 is 5.78. The molecule has 3 rings (SSSR count). The number of esters is 1. The topological polar surface area (TPSA) is 114 Å². The molecule has 9 nitrogen and oxygen atoms in total. The van der Waals surface area contributed by atoms with Gasteiger partial charge in [0.25, 0.3) is 11.8 Å². The second kappa shape index (κ2) is 9.94. The third-order valence-electron chi connectivity index (χ3n) is 4.52. The number of anilines is 1. The fourth-order valence-corrected chi connectivity index (χ4v) is 3.10. The Morgan fingerprint density at radius 3 is 2.55 bits per heavy atom. The fourth-order valence-electron chi connectivity index (χ4n) is 2.97. The van der Waals surface area contributed by atoms with Crippen LogP contribution >= 0.6 is 11.6 Å². The van der Waals surface area contributed by atoms with Gasteiger partial charge < -0.3 is 14.8 Å². The maximum atomic E-state index is 12.4. The molecule has 0 unspecified atom stereocenters. The molecule has 1 heterocycles. The zero-order chi connectivity index (χ0) is 22.4. The number of carbonyl (C=O) groups is 4. The molecule has 1 saturated heterocycles. The lowest BCUT2D eigenvalue weighted by molar-refractivity contribution is -0.151. The molecule has 162 valence electrons. The number of halogens is 1. The zero-order valence-electron chi connectivity index (χ0n) is 16.6. The summed E-state index contributed by atoms with van der Waals surface area (Å²) in [5, 5.41) is 4.16. The number of hydrazine groups is 1. The van der Waals surface area contributed by atoms with Gasteiger partial charge in [-0.05, 0) is 36.4 Å². The number of para-hydroxylation sites is 1. The number of hydrogen-bond acceptors (Lipinski definition) is 6. The SMILES string of the molecule is COc1ccccc1C(=O)NN1C[C@H](C(=O)OCC(=O)Nc2ccc(Cl)cc2)CC1=O. The lowest BCUT2D eigenvalue weighted by Gasteiger charge is -2.18. The van der Waals surface area contributed by atoms with E-state index in [2.05, 4.69) is 10.7 Å². The molecule has 10 heteroatoms. The van der Waals surface area contributed by atoms with Gasteiger partial charge in [-0.3, -0.25) is 29.6 Å². The van der Waals surface area contributed by atoms with E-state index >= 15 is 0 Å². The molecule has 2 aromatic rings. The predicted molar refractivity (Wildman–Crippen MR) is 111 cm³/mol. The molecule has 0 aliphatic carbocycles. The van der Waals surface area contributed by atoms with Crippen molar-refractivity contribution >= 4 is 41.0 Å². The van der Waals surface area contributed by atoms with E-state index < -0.39 is 36.2 Å². The second-order valence-corrected chi connectivity index (χ2v) is 7.15. The molecule has 0 aromatic heterocycles. The zero-order valence-corrected chi connectivity index (χ0v) is 17.3. The third kappa shape index (κ3) is 5.73. The summed E-state index contributed by atoms with van der Waals surface area (Å²) in [5.41, 5.74) is 3.23. The van der Waals surface area contributed by atoms with E-state index in [4.69, 9.17) is 21.1 Å². The van der Waals surface area contributed by atoms with Gasteiger partial charge in [0.05, 0.1) is 25.1 Å². The molecule has 31 heavy (non-hydrogen) atoms. The Morgan fingerprint density at radius 1 is 1.13 bits per heavy atom. The summed E-state index contributed by atoms with van der Waals surface area (Å²) in [6, 6.07) is 13.0. The Kier molecular flexibility index (Phi) is 7.09. The van der Waals surface area contributed by atoms with Gasteiger partial charge in [0.1, 0.15) is 5.75 Å². The molecule has 1 atom stereocenters. The van der Waals surface area contributed by atoms with Gasteiger partial charge in [-0.15, -0.1) is 0 Å². The number of methoxy groups -OCH3 is 1. The molecule has 2 N–H and O–H groups in total. The van der Waals surface area contributed by atoms with Crippen molar-refractivity contribution in [3.8, 4) is 5.75 Å². The summed E-state index contributed by atoms with van der Waals surface area (Å²) in [4.78, 5) is 48.9. The van der Waals surface area contributed by atoms with Crippen molar-refractivity contribution in [3.05, 3.63) is 59.1 Å².